The molecule has 0 saturated carbocycles. The summed E-state index contributed by atoms with van der Waals surface area (Å²) < 4.78 is 12.9. The van der Waals surface area contributed by atoms with E-state index in [4.69, 9.17) is 12.2 Å². The number of fused-ring (bicyclic) bond motifs is 1. The Bertz CT molecular complexity index is 868. The van der Waals surface area contributed by atoms with Gasteiger partial charge in [0, 0.05) is 10.4 Å². The van der Waals surface area contributed by atoms with E-state index in [0.717, 1.165) is 24.8 Å². The molecule has 1 heterocycles. The van der Waals surface area contributed by atoms with Crippen molar-refractivity contribution in [3.05, 3.63) is 51.7 Å². The molecule has 0 radical (unpaired) electrons. The molecule has 1 aromatic carbocycles. The Balaban J connectivity index is 1.72. The molecule has 0 aliphatic heterocycles. The zero-order chi connectivity index (χ0) is 18.0. The summed E-state index contributed by atoms with van der Waals surface area (Å²) in [6.07, 6.45) is 2.93. The van der Waals surface area contributed by atoms with E-state index in [0.29, 0.717) is 22.0 Å². The fraction of sp³-hybridized carbons (Fsp3) is 0.278. The van der Waals surface area contributed by atoms with E-state index < -0.39 is 11.7 Å². The smallest absolute Gasteiger partial charge is 0.257 e. The number of halogens is 1. The second kappa shape index (κ2) is 7.30. The van der Waals surface area contributed by atoms with Crippen molar-refractivity contribution in [2.24, 2.45) is 5.92 Å². The minimum absolute atomic E-state index is 0.123. The summed E-state index contributed by atoms with van der Waals surface area (Å²) in [4.78, 5) is 13.3. The molecule has 1 aliphatic carbocycles. The van der Waals surface area contributed by atoms with Gasteiger partial charge in [-0.2, -0.15) is 5.26 Å². The molecule has 3 rings (SSSR count). The standard InChI is InChI=1S/C18H16FN3OS2/c1-10-2-7-13-14(9-20)17(25-15(13)8-10)22-18(24)21-16(23)11-3-5-12(19)6-4-11/h3-6,10H,2,7-8H2,1H3,(H2,21,22,23,24)/t10-/m0/s1. The van der Waals surface area contributed by atoms with Crippen LogP contribution in [0.2, 0.25) is 0 Å². The third-order valence-corrected chi connectivity index (χ3v) is 5.56. The fourth-order valence-corrected chi connectivity index (χ4v) is 4.49. The number of rotatable bonds is 2. The zero-order valence-electron chi connectivity index (χ0n) is 13.6. The number of carbonyl (C=O) groups is 1. The highest BCUT2D eigenvalue weighted by Gasteiger charge is 2.24. The van der Waals surface area contributed by atoms with Crippen LogP contribution in [0.15, 0.2) is 24.3 Å². The summed E-state index contributed by atoms with van der Waals surface area (Å²) in [7, 11) is 0. The molecule has 2 aromatic rings. The molecular formula is C18H16FN3OS2. The van der Waals surface area contributed by atoms with Crippen molar-refractivity contribution < 1.29 is 9.18 Å². The van der Waals surface area contributed by atoms with Gasteiger partial charge in [-0.1, -0.05) is 6.92 Å². The maximum absolute atomic E-state index is 12.9. The van der Waals surface area contributed by atoms with Crippen LogP contribution in [0, 0.1) is 23.1 Å². The molecule has 25 heavy (non-hydrogen) atoms. The number of anilines is 1. The van der Waals surface area contributed by atoms with Crippen LogP contribution in [0.25, 0.3) is 0 Å². The third-order valence-electron chi connectivity index (χ3n) is 4.18. The van der Waals surface area contributed by atoms with Crippen molar-refractivity contribution in [3.8, 4) is 6.07 Å². The van der Waals surface area contributed by atoms with Gasteiger partial charge in [-0.05, 0) is 67.2 Å². The molecular weight excluding hydrogens is 357 g/mol. The minimum atomic E-state index is -0.425. The van der Waals surface area contributed by atoms with Gasteiger partial charge in [-0.3, -0.25) is 10.1 Å². The number of nitriles is 1. The van der Waals surface area contributed by atoms with Crippen LogP contribution in [0.4, 0.5) is 9.39 Å². The molecule has 1 amide bonds. The molecule has 1 aliphatic rings. The van der Waals surface area contributed by atoms with Gasteiger partial charge < -0.3 is 5.32 Å². The molecule has 0 fully saturated rings. The summed E-state index contributed by atoms with van der Waals surface area (Å²) in [6, 6.07) is 7.46. The minimum Gasteiger partial charge on any atom is -0.323 e. The number of amides is 1. The van der Waals surface area contributed by atoms with E-state index >= 15 is 0 Å². The number of hydrogen-bond acceptors (Lipinski definition) is 4. The molecule has 7 heteroatoms. The van der Waals surface area contributed by atoms with Crippen molar-refractivity contribution in [2.45, 2.75) is 26.2 Å². The average Bonchev–Trinajstić information content (AvgIpc) is 2.90. The van der Waals surface area contributed by atoms with Crippen LogP contribution in [0.1, 0.15) is 39.7 Å². The van der Waals surface area contributed by atoms with Gasteiger partial charge in [-0.15, -0.1) is 11.3 Å². The Morgan fingerprint density at radius 2 is 2.12 bits per heavy atom. The van der Waals surface area contributed by atoms with Gasteiger partial charge in [0.15, 0.2) is 5.11 Å². The van der Waals surface area contributed by atoms with Crippen molar-refractivity contribution >= 4 is 39.6 Å². The lowest BCUT2D eigenvalue weighted by Gasteiger charge is -2.17. The Morgan fingerprint density at radius 1 is 1.40 bits per heavy atom. The van der Waals surface area contributed by atoms with Crippen LogP contribution in [0.5, 0.6) is 0 Å². The Morgan fingerprint density at radius 3 is 2.80 bits per heavy atom. The molecule has 0 saturated heterocycles. The summed E-state index contributed by atoms with van der Waals surface area (Å²) in [5.74, 6) is -0.226. The van der Waals surface area contributed by atoms with Crippen LogP contribution in [0.3, 0.4) is 0 Å². The maximum Gasteiger partial charge on any atom is 0.257 e. The lowest BCUT2D eigenvalue weighted by molar-refractivity contribution is 0.0977. The first-order valence-corrected chi connectivity index (χ1v) is 9.13. The average molecular weight is 373 g/mol. The molecule has 4 nitrogen and oxygen atoms in total. The van der Waals surface area contributed by atoms with E-state index in [9.17, 15) is 14.4 Å². The third kappa shape index (κ3) is 3.86. The van der Waals surface area contributed by atoms with Crippen LogP contribution >= 0.6 is 23.6 Å². The second-order valence-electron chi connectivity index (χ2n) is 6.08. The predicted octanol–water partition coefficient (Wildman–Crippen LogP) is 4.01. The monoisotopic (exact) mass is 373 g/mol. The van der Waals surface area contributed by atoms with Crippen LogP contribution in [-0.4, -0.2) is 11.0 Å². The van der Waals surface area contributed by atoms with Crippen LogP contribution in [-0.2, 0) is 12.8 Å². The summed E-state index contributed by atoms with van der Waals surface area (Å²) in [6.45, 7) is 2.20. The Labute approximate surface area is 154 Å². The first-order valence-electron chi connectivity index (χ1n) is 7.90. The fourth-order valence-electron chi connectivity index (χ4n) is 2.87. The molecule has 0 spiro atoms. The van der Waals surface area contributed by atoms with E-state index in [-0.39, 0.29) is 5.11 Å². The molecule has 0 unspecified atom stereocenters. The largest absolute Gasteiger partial charge is 0.323 e. The highest BCUT2D eigenvalue weighted by Crippen LogP contribution is 2.39. The van der Waals surface area contributed by atoms with E-state index in [1.807, 2.05) is 0 Å². The maximum atomic E-state index is 12.9. The van der Waals surface area contributed by atoms with Gasteiger partial charge >= 0.3 is 0 Å². The highest BCUT2D eigenvalue weighted by molar-refractivity contribution is 7.80. The summed E-state index contributed by atoms with van der Waals surface area (Å²) in [5.41, 5.74) is 2.02. The van der Waals surface area contributed by atoms with Gasteiger partial charge in [0.2, 0.25) is 0 Å². The van der Waals surface area contributed by atoms with Crippen LogP contribution < -0.4 is 10.6 Å². The molecule has 1 atom stereocenters. The molecule has 1 aromatic heterocycles. The number of benzene rings is 1. The highest BCUT2D eigenvalue weighted by atomic mass is 32.1. The van der Waals surface area contributed by atoms with Crippen molar-refractivity contribution in [2.75, 3.05) is 5.32 Å². The zero-order valence-corrected chi connectivity index (χ0v) is 15.2. The molecule has 128 valence electrons. The van der Waals surface area contributed by atoms with Gasteiger partial charge in [0.05, 0.1) is 5.56 Å². The first-order chi connectivity index (χ1) is 12.0. The lowest BCUT2D eigenvalue weighted by Crippen LogP contribution is -2.34. The normalized spacial score (nSPS) is 15.8. The van der Waals surface area contributed by atoms with E-state index in [1.54, 1.807) is 0 Å². The van der Waals surface area contributed by atoms with Gasteiger partial charge in [0.25, 0.3) is 5.91 Å². The predicted molar refractivity (Wildman–Crippen MR) is 100 cm³/mol. The number of thiophene rings is 1. The molecule has 0 bridgehead atoms. The Kier molecular flexibility index (Phi) is 5.11. The van der Waals surface area contributed by atoms with Crippen molar-refractivity contribution in [1.82, 2.24) is 5.32 Å². The quantitative estimate of drug-likeness (QED) is 0.781. The topological polar surface area (TPSA) is 64.9 Å². The number of nitrogens with one attached hydrogen (secondary N) is 2. The molecule has 2 N–H and O–H groups in total. The van der Waals surface area contributed by atoms with Gasteiger partial charge in [0.1, 0.15) is 16.9 Å². The Hall–Kier alpha value is -2.30. The van der Waals surface area contributed by atoms with Crippen molar-refractivity contribution in [3.63, 3.8) is 0 Å². The number of hydrogen-bond donors (Lipinski definition) is 2. The first kappa shape index (κ1) is 17.5. The summed E-state index contributed by atoms with van der Waals surface area (Å²) in [5, 5.41) is 15.8. The SMILES string of the molecule is C[C@H]1CCc2c(sc(NC(=S)NC(=O)c3ccc(F)cc3)c2C#N)C1. The van der Waals surface area contributed by atoms with E-state index in [1.165, 1.54) is 40.5 Å². The van der Waals surface area contributed by atoms with E-state index in [2.05, 4.69) is 23.6 Å². The number of nitrogens with zero attached hydrogens (tertiary/aromatic N) is 1. The second-order valence-corrected chi connectivity index (χ2v) is 7.60. The summed E-state index contributed by atoms with van der Waals surface area (Å²) >= 11 is 6.71. The van der Waals surface area contributed by atoms with Crippen molar-refractivity contribution in [1.29, 1.82) is 5.26 Å². The lowest BCUT2D eigenvalue weighted by atomic mass is 9.89. The number of thiocarbonyl (C=S) groups is 1. The van der Waals surface area contributed by atoms with Gasteiger partial charge in [-0.25, -0.2) is 4.39 Å². The number of carbonyl (C=O) groups excluding carboxylic acids is 1.